The van der Waals surface area contributed by atoms with Gasteiger partial charge in [0.1, 0.15) is 0 Å². The highest BCUT2D eigenvalue weighted by Gasteiger charge is 2.33. The van der Waals surface area contributed by atoms with E-state index in [-0.39, 0.29) is 6.42 Å². The molecule has 0 aromatic carbocycles. The summed E-state index contributed by atoms with van der Waals surface area (Å²) in [6.45, 7) is 1.58. The molecule has 0 fully saturated rings. The number of alkyl halides is 3. The second-order valence-corrected chi connectivity index (χ2v) is 3.80. The molecule has 1 unspecified atom stereocenters. The molecule has 0 radical (unpaired) electrons. The average molecular weight is 236 g/mol. The van der Waals surface area contributed by atoms with Gasteiger partial charge in [0.25, 0.3) is 0 Å². The Morgan fingerprint density at radius 3 is 2.21 bits per heavy atom. The third-order valence-corrected chi connectivity index (χ3v) is 1.84. The molecule has 8 heteroatoms. The third-order valence-electron chi connectivity index (χ3n) is 1.33. The SMILES string of the molecule is CCCC(CC(F)(F)F)OS(=O)(=O)O. The first kappa shape index (κ1) is 13.7. The summed E-state index contributed by atoms with van der Waals surface area (Å²) in [6, 6.07) is 0. The molecule has 1 N–H and O–H groups in total. The highest BCUT2D eigenvalue weighted by Crippen LogP contribution is 2.25. The van der Waals surface area contributed by atoms with Crippen LogP contribution in [0.1, 0.15) is 26.2 Å². The van der Waals surface area contributed by atoms with Crippen LogP contribution >= 0.6 is 0 Å². The van der Waals surface area contributed by atoms with Crippen molar-refractivity contribution in [2.45, 2.75) is 38.5 Å². The topological polar surface area (TPSA) is 63.6 Å². The lowest BCUT2D eigenvalue weighted by Gasteiger charge is -2.16. The minimum Gasteiger partial charge on any atom is -0.264 e. The highest BCUT2D eigenvalue weighted by molar-refractivity contribution is 7.80. The van der Waals surface area contributed by atoms with Gasteiger partial charge in [0.05, 0.1) is 12.5 Å². The van der Waals surface area contributed by atoms with E-state index < -0.39 is 29.1 Å². The van der Waals surface area contributed by atoms with Crippen molar-refractivity contribution in [3.63, 3.8) is 0 Å². The first-order valence-corrected chi connectivity index (χ1v) is 5.23. The van der Waals surface area contributed by atoms with Crippen molar-refractivity contribution in [1.82, 2.24) is 0 Å². The Bertz CT molecular complexity index is 259. The van der Waals surface area contributed by atoms with Crippen molar-refractivity contribution >= 4 is 10.4 Å². The van der Waals surface area contributed by atoms with Crippen molar-refractivity contribution in [3.8, 4) is 0 Å². The Balaban J connectivity index is 4.31. The predicted octanol–water partition coefficient (Wildman–Crippen LogP) is 1.93. The molecule has 14 heavy (non-hydrogen) atoms. The summed E-state index contributed by atoms with van der Waals surface area (Å²) < 4.78 is 67.9. The van der Waals surface area contributed by atoms with Crippen LogP contribution in [0.5, 0.6) is 0 Å². The molecule has 86 valence electrons. The molecule has 0 bridgehead atoms. The van der Waals surface area contributed by atoms with Gasteiger partial charge >= 0.3 is 16.6 Å². The fraction of sp³-hybridized carbons (Fsp3) is 1.00. The molecule has 0 aromatic rings. The van der Waals surface area contributed by atoms with Crippen molar-refractivity contribution in [3.05, 3.63) is 0 Å². The van der Waals surface area contributed by atoms with Crippen LogP contribution in [0.2, 0.25) is 0 Å². The monoisotopic (exact) mass is 236 g/mol. The minimum absolute atomic E-state index is 0.0840. The maximum Gasteiger partial charge on any atom is 0.397 e. The van der Waals surface area contributed by atoms with E-state index in [2.05, 4.69) is 4.18 Å². The quantitative estimate of drug-likeness (QED) is 0.741. The fourth-order valence-corrected chi connectivity index (χ4v) is 1.44. The number of hydrogen-bond donors (Lipinski definition) is 1. The molecular formula is C6H11F3O4S. The maximum absolute atomic E-state index is 11.8. The minimum atomic E-state index is -4.82. The van der Waals surface area contributed by atoms with E-state index in [4.69, 9.17) is 4.55 Å². The molecule has 0 amide bonds. The van der Waals surface area contributed by atoms with E-state index in [1.54, 1.807) is 6.92 Å². The summed E-state index contributed by atoms with van der Waals surface area (Å²) in [4.78, 5) is 0. The molecule has 0 saturated heterocycles. The van der Waals surface area contributed by atoms with Gasteiger partial charge in [0.2, 0.25) is 0 Å². The Labute approximate surface area is 80.0 Å². The normalized spacial score (nSPS) is 15.5. The van der Waals surface area contributed by atoms with E-state index >= 15 is 0 Å². The zero-order valence-corrected chi connectivity index (χ0v) is 8.23. The van der Waals surface area contributed by atoms with Crippen molar-refractivity contribution in [1.29, 1.82) is 0 Å². The zero-order chi connectivity index (χ0) is 11.4. The molecule has 1 atom stereocenters. The third kappa shape index (κ3) is 8.27. The van der Waals surface area contributed by atoms with Gasteiger partial charge in [0, 0.05) is 0 Å². The van der Waals surface area contributed by atoms with Crippen molar-refractivity contribution < 1.29 is 30.3 Å². The second-order valence-electron chi connectivity index (χ2n) is 2.75. The van der Waals surface area contributed by atoms with Gasteiger partial charge in [-0.15, -0.1) is 0 Å². The van der Waals surface area contributed by atoms with Crippen LogP contribution in [0.4, 0.5) is 13.2 Å². The molecule has 0 rings (SSSR count). The molecule has 0 aromatic heterocycles. The van der Waals surface area contributed by atoms with Gasteiger partial charge in [-0.3, -0.25) is 4.55 Å². The van der Waals surface area contributed by atoms with Gasteiger partial charge < -0.3 is 0 Å². The lowest BCUT2D eigenvalue weighted by atomic mass is 10.1. The van der Waals surface area contributed by atoms with E-state index in [1.165, 1.54) is 0 Å². The van der Waals surface area contributed by atoms with Crippen molar-refractivity contribution in [2.75, 3.05) is 0 Å². The summed E-state index contributed by atoms with van der Waals surface area (Å²) in [5, 5.41) is 0. The Hall–Kier alpha value is -0.340. The first-order valence-electron chi connectivity index (χ1n) is 3.86. The van der Waals surface area contributed by atoms with E-state index in [1.807, 2.05) is 0 Å². The second kappa shape index (κ2) is 4.94. The van der Waals surface area contributed by atoms with Gasteiger partial charge in [0.15, 0.2) is 0 Å². The maximum atomic E-state index is 11.8. The van der Waals surface area contributed by atoms with Gasteiger partial charge in [-0.1, -0.05) is 13.3 Å². The van der Waals surface area contributed by atoms with Crippen LogP contribution < -0.4 is 0 Å². The molecule has 0 spiro atoms. The van der Waals surface area contributed by atoms with Gasteiger partial charge in [-0.2, -0.15) is 21.6 Å². The van der Waals surface area contributed by atoms with E-state index in [0.717, 1.165) is 0 Å². The lowest BCUT2D eigenvalue weighted by Crippen LogP contribution is -2.24. The van der Waals surface area contributed by atoms with Gasteiger partial charge in [-0.05, 0) is 6.42 Å². The molecule has 0 aliphatic rings. The fourth-order valence-electron chi connectivity index (χ4n) is 0.936. The van der Waals surface area contributed by atoms with E-state index in [9.17, 15) is 21.6 Å². The summed E-state index contributed by atoms with van der Waals surface area (Å²) in [5.74, 6) is 0. The average Bonchev–Trinajstić information content (AvgIpc) is 1.78. The summed E-state index contributed by atoms with van der Waals surface area (Å²) in [5.41, 5.74) is 0. The molecule has 0 saturated carbocycles. The summed E-state index contributed by atoms with van der Waals surface area (Å²) in [6.07, 6.45) is -7.20. The molecular weight excluding hydrogens is 225 g/mol. The Morgan fingerprint density at radius 2 is 1.93 bits per heavy atom. The lowest BCUT2D eigenvalue weighted by molar-refractivity contribution is -0.151. The van der Waals surface area contributed by atoms with Crippen molar-refractivity contribution in [2.24, 2.45) is 0 Å². The molecule has 0 heterocycles. The molecule has 4 nitrogen and oxygen atoms in total. The molecule has 0 aliphatic carbocycles. The highest BCUT2D eigenvalue weighted by atomic mass is 32.3. The van der Waals surface area contributed by atoms with Crippen LogP contribution in [0.15, 0.2) is 0 Å². The first-order chi connectivity index (χ1) is 6.14. The number of rotatable bonds is 5. The van der Waals surface area contributed by atoms with Crippen LogP contribution in [0, 0.1) is 0 Å². The van der Waals surface area contributed by atoms with E-state index in [0.29, 0.717) is 6.42 Å². The summed E-state index contributed by atoms with van der Waals surface area (Å²) in [7, 11) is -4.82. The standard InChI is InChI=1S/C6H11F3O4S/c1-2-3-5(4-6(7,8)9)13-14(10,11)12/h5H,2-4H2,1H3,(H,10,11,12). The van der Waals surface area contributed by atoms with Crippen LogP contribution in [-0.2, 0) is 14.6 Å². The predicted molar refractivity (Wildman–Crippen MR) is 42.0 cm³/mol. The van der Waals surface area contributed by atoms with Crippen LogP contribution in [0.3, 0.4) is 0 Å². The largest absolute Gasteiger partial charge is 0.397 e. The number of hydrogen-bond acceptors (Lipinski definition) is 3. The number of halogens is 3. The van der Waals surface area contributed by atoms with Crippen LogP contribution in [0.25, 0.3) is 0 Å². The zero-order valence-electron chi connectivity index (χ0n) is 7.41. The Morgan fingerprint density at radius 1 is 1.43 bits per heavy atom. The summed E-state index contributed by atoms with van der Waals surface area (Å²) >= 11 is 0. The Kier molecular flexibility index (Phi) is 4.82. The van der Waals surface area contributed by atoms with Gasteiger partial charge in [-0.25, -0.2) is 4.18 Å². The van der Waals surface area contributed by atoms with Crippen LogP contribution in [-0.4, -0.2) is 25.3 Å². The smallest absolute Gasteiger partial charge is 0.264 e. The molecule has 0 aliphatic heterocycles.